The van der Waals surface area contributed by atoms with Crippen molar-refractivity contribution in [1.29, 1.82) is 0 Å². The van der Waals surface area contributed by atoms with E-state index in [0.717, 1.165) is 29.5 Å². The molecule has 1 saturated heterocycles. The number of nitrogens with one attached hydrogen (secondary N) is 1. The van der Waals surface area contributed by atoms with Crippen molar-refractivity contribution in [3.05, 3.63) is 60.2 Å². The Morgan fingerprint density at radius 3 is 2.43 bits per heavy atom. The van der Waals surface area contributed by atoms with Crippen LogP contribution in [0.3, 0.4) is 0 Å². The summed E-state index contributed by atoms with van der Waals surface area (Å²) < 4.78 is 26.4. The maximum absolute atomic E-state index is 12.8. The lowest BCUT2D eigenvalue weighted by Gasteiger charge is -2.29. The lowest BCUT2D eigenvalue weighted by Crippen LogP contribution is -2.48. The van der Waals surface area contributed by atoms with Gasteiger partial charge in [-0.25, -0.2) is 13.1 Å². The van der Waals surface area contributed by atoms with Crippen LogP contribution >= 0.6 is 0 Å². The summed E-state index contributed by atoms with van der Waals surface area (Å²) in [6.45, 7) is 0.617. The Labute approximate surface area is 166 Å². The summed E-state index contributed by atoms with van der Waals surface area (Å²) >= 11 is 0. The molecule has 4 rings (SSSR count). The average molecular weight is 399 g/mol. The summed E-state index contributed by atoms with van der Waals surface area (Å²) in [4.78, 5) is 14.7. The zero-order valence-corrected chi connectivity index (χ0v) is 16.9. The van der Waals surface area contributed by atoms with Crippen molar-refractivity contribution in [2.45, 2.75) is 37.8 Å². The van der Waals surface area contributed by atoms with Crippen molar-refractivity contribution < 1.29 is 13.2 Å². The van der Waals surface area contributed by atoms with E-state index in [-0.39, 0.29) is 23.9 Å². The number of sulfonamides is 1. The van der Waals surface area contributed by atoms with Crippen LogP contribution in [0.4, 0.5) is 0 Å². The first-order valence-corrected chi connectivity index (χ1v) is 11.7. The molecule has 0 radical (unpaired) electrons. The van der Waals surface area contributed by atoms with Gasteiger partial charge < -0.3 is 4.90 Å². The van der Waals surface area contributed by atoms with E-state index in [2.05, 4.69) is 35.1 Å². The van der Waals surface area contributed by atoms with E-state index in [0.29, 0.717) is 19.4 Å². The Morgan fingerprint density at radius 2 is 1.75 bits per heavy atom. The zero-order chi connectivity index (χ0) is 19.7. The molecule has 2 fully saturated rings. The van der Waals surface area contributed by atoms with Crippen molar-refractivity contribution in [2.75, 3.05) is 12.8 Å². The summed E-state index contributed by atoms with van der Waals surface area (Å²) in [6.07, 6.45) is 4.40. The quantitative estimate of drug-likeness (QED) is 0.814. The highest BCUT2D eigenvalue weighted by Crippen LogP contribution is 2.35. The molecule has 0 bridgehead atoms. The number of nitrogens with zero attached hydrogens (tertiary/aromatic N) is 1. The molecule has 2 aliphatic rings. The highest BCUT2D eigenvalue weighted by atomic mass is 32.2. The third-order valence-electron chi connectivity index (χ3n) is 5.60. The molecular weight excluding hydrogens is 372 g/mol. The minimum absolute atomic E-state index is 0.134. The normalized spacial score (nSPS) is 22.4. The smallest absolute Gasteiger partial charge is 0.225 e. The van der Waals surface area contributed by atoms with Crippen LogP contribution in [0, 0.1) is 5.92 Å². The van der Waals surface area contributed by atoms with Crippen LogP contribution in [-0.2, 0) is 21.2 Å². The number of carbonyl (C=O) groups is 1. The number of rotatable bonds is 6. The van der Waals surface area contributed by atoms with Crippen LogP contribution in [0.25, 0.3) is 11.1 Å². The second-order valence-electron chi connectivity index (χ2n) is 7.93. The number of likely N-dealkylation sites (tertiary alicyclic amines) is 1. The van der Waals surface area contributed by atoms with Gasteiger partial charge in [0.05, 0.1) is 12.3 Å². The summed E-state index contributed by atoms with van der Waals surface area (Å²) in [5.41, 5.74) is 3.39. The van der Waals surface area contributed by atoms with Crippen LogP contribution in [0.5, 0.6) is 0 Å². The van der Waals surface area contributed by atoms with Gasteiger partial charge >= 0.3 is 0 Å². The van der Waals surface area contributed by atoms with Crippen LogP contribution in [0.2, 0.25) is 0 Å². The van der Waals surface area contributed by atoms with E-state index >= 15 is 0 Å². The van der Waals surface area contributed by atoms with Gasteiger partial charge in [0.1, 0.15) is 0 Å². The van der Waals surface area contributed by atoms with Gasteiger partial charge in [0.25, 0.3) is 0 Å². The zero-order valence-electron chi connectivity index (χ0n) is 16.0. The molecule has 0 spiro atoms. The average Bonchev–Trinajstić information content (AvgIpc) is 3.45. The fourth-order valence-corrected chi connectivity index (χ4v) is 4.93. The molecule has 0 aromatic heterocycles. The van der Waals surface area contributed by atoms with Gasteiger partial charge in [-0.05, 0) is 42.4 Å². The molecule has 2 atom stereocenters. The molecule has 1 saturated carbocycles. The van der Waals surface area contributed by atoms with E-state index in [4.69, 9.17) is 0 Å². The first-order chi connectivity index (χ1) is 13.4. The van der Waals surface area contributed by atoms with E-state index in [1.165, 1.54) is 6.26 Å². The lowest BCUT2D eigenvalue weighted by atomic mass is 9.97. The first kappa shape index (κ1) is 19.2. The number of amides is 1. The topological polar surface area (TPSA) is 66.5 Å². The van der Waals surface area contributed by atoms with Crippen LogP contribution in [0.15, 0.2) is 54.6 Å². The Bertz CT molecular complexity index is 955. The molecule has 1 heterocycles. The minimum Gasteiger partial charge on any atom is -0.337 e. The van der Waals surface area contributed by atoms with Crippen LogP contribution in [0.1, 0.15) is 24.8 Å². The van der Waals surface area contributed by atoms with Gasteiger partial charge in [-0.3, -0.25) is 4.79 Å². The monoisotopic (exact) mass is 398 g/mol. The Hall–Kier alpha value is -2.18. The maximum atomic E-state index is 12.8. The SMILES string of the molecule is CS(=O)(=O)N[C@H]1CCN(C(=O)C2CC2)[C@H]1Cc1cccc(-c2ccccc2)c1. The molecule has 2 aromatic carbocycles. The summed E-state index contributed by atoms with van der Waals surface area (Å²) in [7, 11) is -3.33. The summed E-state index contributed by atoms with van der Waals surface area (Å²) in [6, 6.07) is 18.1. The van der Waals surface area contributed by atoms with Gasteiger partial charge in [-0.1, -0.05) is 54.6 Å². The molecule has 1 aliphatic carbocycles. The van der Waals surface area contributed by atoms with Crippen molar-refractivity contribution >= 4 is 15.9 Å². The van der Waals surface area contributed by atoms with Crippen LogP contribution < -0.4 is 4.72 Å². The molecular formula is C22H26N2O3S. The molecule has 6 heteroatoms. The molecule has 0 unspecified atom stereocenters. The Balaban J connectivity index is 1.59. The van der Waals surface area contributed by atoms with Gasteiger partial charge in [0, 0.05) is 18.5 Å². The Morgan fingerprint density at radius 1 is 1.04 bits per heavy atom. The first-order valence-electron chi connectivity index (χ1n) is 9.83. The van der Waals surface area contributed by atoms with Crippen molar-refractivity contribution in [1.82, 2.24) is 9.62 Å². The minimum atomic E-state index is -3.33. The number of hydrogen-bond acceptors (Lipinski definition) is 3. The molecule has 1 aliphatic heterocycles. The molecule has 5 nitrogen and oxygen atoms in total. The summed E-state index contributed by atoms with van der Waals surface area (Å²) in [5, 5.41) is 0. The molecule has 1 N–H and O–H groups in total. The lowest BCUT2D eigenvalue weighted by molar-refractivity contribution is -0.133. The predicted molar refractivity (Wildman–Crippen MR) is 110 cm³/mol. The fraction of sp³-hybridized carbons (Fsp3) is 0.409. The van der Waals surface area contributed by atoms with E-state index in [1.807, 2.05) is 29.2 Å². The highest BCUT2D eigenvalue weighted by Gasteiger charge is 2.43. The van der Waals surface area contributed by atoms with Crippen molar-refractivity contribution in [2.24, 2.45) is 5.92 Å². The number of benzene rings is 2. The molecule has 1 amide bonds. The van der Waals surface area contributed by atoms with Crippen molar-refractivity contribution in [3.8, 4) is 11.1 Å². The van der Waals surface area contributed by atoms with E-state index in [1.54, 1.807) is 0 Å². The maximum Gasteiger partial charge on any atom is 0.225 e. The van der Waals surface area contributed by atoms with Crippen molar-refractivity contribution in [3.63, 3.8) is 0 Å². The fourth-order valence-electron chi connectivity index (χ4n) is 4.11. The highest BCUT2D eigenvalue weighted by molar-refractivity contribution is 7.88. The second kappa shape index (κ2) is 7.68. The number of hydrogen-bond donors (Lipinski definition) is 1. The van der Waals surface area contributed by atoms with Gasteiger partial charge in [0.15, 0.2) is 0 Å². The van der Waals surface area contributed by atoms with Crippen LogP contribution in [-0.4, -0.2) is 44.1 Å². The predicted octanol–water partition coefficient (Wildman–Crippen LogP) is 2.82. The Kier molecular flexibility index (Phi) is 5.25. The van der Waals surface area contributed by atoms with Gasteiger partial charge in [0.2, 0.25) is 15.9 Å². The van der Waals surface area contributed by atoms with Gasteiger partial charge in [-0.15, -0.1) is 0 Å². The largest absolute Gasteiger partial charge is 0.337 e. The molecule has 148 valence electrons. The molecule has 28 heavy (non-hydrogen) atoms. The van der Waals surface area contributed by atoms with E-state index < -0.39 is 10.0 Å². The standard InChI is InChI=1S/C22H26N2O3S/c1-28(26,27)23-20-12-13-24(22(25)18-10-11-18)21(20)15-16-6-5-9-19(14-16)17-7-3-2-4-8-17/h2-9,14,18,20-21,23H,10-13,15H2,1H3/t20-,21-/m0/s1. The number of carbonyl (C=O) groups excluding carboxylic acids is 1. The van der Waals surface area contributed by atoms with E-state index in [9.17, 15) is 13.2 Å². The third kappa shape index (κ3) is 4.45. The third-order valence-corrected chi connectivity index (χ3v) is 6.33. The summed E-state index contributed by atoms with van der Waals surface area (Å²) in [5.74, 6) is 0.317. The molecule has 2 aromatic rings. The van der Waals surface area contributed by atoms with Gasteiger partial charge in [-0.2, -0.15) is 0 Å². The second-order valence-corrected chi connectivity index (χ2v) is 9.71.